The molecule has 4 nitrogen and oxygen atoms in total. The number of nitrogens with zero attached hydrogens (tertiary/aromatic N) is 1. The van der Waals surface area contributed by atoms with Gasteiger partial charge in [-0.2, -0.15) is 0 Å². The van der Waals surface area contributed by atoms with E-state index < -0.39 is 0 Å². The van der Waals surface area contributed by atoms with Crippen LogP contribution in [0.3, 0.4) is 0 Å². The van der Waals surface area contributed by atoms with Crippen LogP contribution in [0.4, 0.5) is 10.1 Å². The minimum absolute atomic E-state index is 0.151. The van der Waals surface area contributed by atoms with Gasteiger partial charge in [-0.1, -0.05) is 48.5 Å². The molecule has 0 saturated carbocycles. The van der Waals surface area contributed by atoms with Crippen LogP contribution in [0.1, 0.15) is 28.8 Å². The number of hydrazine groups is 1. The molecule has 3 atom stereocenters. The monoisotopic (exact) mass is 389 g/mol. The average molecular weight is 389 g/mol. The van der Waals surface area contributed by atoms with Gasteiger partial charge < -0.3 is 9.64 Å². The van der Waals surface area contributed by atoms with Gasteiger partial charge in [-0.25, -0.2) is 15.2 Å². The van der Waals surface area contributed by atoms with E-state index in [1.54, 1.807) is 13.2 Å². The van der Waals surface area contributed by atoms with Crippen molar-refractivity contribution in [3.05, 3.63) is 95.3 Å². The van der Waals surface area contributed by atoms with Crippen LogP contribution in [-0.4, -0.2) is 13.7 Å². The van der Waals surface area contributed by atoms with E-state index in [1.807, 2.05) is 24.3 Å². The highest BCUT2D eigenvalue weighted by molar-refractivity contribution is 5.58. The summed E-state index contributed by atoms with van der Waals surface area (Å²) in [4.78, 5) is 2.31. The third-order valence-electron chi connectivity index (χ3n) is 6.09. The molecule has 1 fully saturated rings. The largest absolute Gasteiger partial charge is 0.497 e. The Balaban J connectivity index is 1.48. The van der Waals surface area contributed by atoms with Gasteiger partial charge in [-0.15, -0.1) is 0 Å². The van der Waals surface area contributed by atoms with Gasteiger partial charge in [0.05, 0.1) is 19.2 Å². The summed E-state index contributed by atoms with van der Waals surface area (Å²) in [5.74, 6) is 1.03. The number of benzene rings is 3. The Bertz CT molecular complexity index is 1010. The lowest BCUT2D eigenvalue weighted by molar-refractivity contribution is 0.399. The van der Waals surface area contributed by atoms with Crippen molar-refractivity contribution in [2.75, 3.05) is 18.6 Å². The molecule has 2 aliphatic rings. The number of ether oxygens (including phenoxy) is 1. The highest BCUT2D eigenvalue weighted by Gasteiger charge is 2.43. The number of rotatable bonds is 4. The summed E-state index contributed by atoms with van der Waals surface area (Å²) in [5, 5.41) is 0. The topological polar surface area (TPSA) is 36.5 Å². The maximum atomic E-state index is 14.3. The molecule has 29 heavy (non-hydrogen) atoms. The van der Waals surface area contributed by atoms with Crippen LogP contribution in [0.5, 0.6) is 5.75 Å². The van der Waals surface area contributed by atoms with Gasteiger partial charge in [0.2, 0.25) is 0 Å². The number of nitrogens with one attached hydrogen (secondary N) is 2. The zero-order valence-corrected chi connectivity index (χ0v) is 16.3. The quantitative estimate of drug-likeness (QED) is 0.695. The summed E-state index contributed by atoms with van der Waals surface area (Å²) in [7, 11) is 1.68. The first-order valence-corrected chi connectivity index (χ1v) is 9.97. The molecule has 3 aromatic carbocycles. The molecular weight excluding hydrogens is 365 g/mol. The molecule has 0 radical (unpaired) electrons. The van der Waals surface area contributed by atoms with Gasteiger partial charge in [-0.05, 0) is 35.4 Å². The lowest BCUT2D eigenvalue weighted by atomic mass is 9.82. The minimum Gasteiger partial charge on any atom is -0.497 e. The Morgan fingerprint density at radius 1 is 0.931 bits per heavy atom. The summed E-state index contributed by atoms with van der Waals surface area (Å²) in [6.07, 6.45) is 0. The van der Waals surface area contributed by atoms with Gasteiger partial charge in [0.1, 0.15) is 11.6 Å². The molecule has 3 aromatic rings. The van der Waals surface area contributed by atoms with Crippen molar-refractivity contribution in [1.82, 2.24) is 10.9 Å². The molecule has 0 amide bonds. The van der Waals surface area contributed by atoms with Crippen LogP contribution >= 0.6 is 0 Å². The van der Waals surface area contributed by atoms with Crippen molar-refractivity contribution < 1.29 is 9.13 Å². The maximum Gasteiger partial charge on any atom is 0.128 e. The normalized spacial score (nSPS) is 22.8. The fourth-order valence-corrected chi connectivity index (χ4v) is 4.62. The molecule has 2 N–H and O–H groups in total. The lowest BCUT2D eigenvalue weighted by Gasteiger charge is -2.39. The Hall–Kier alpha value is -2.89. The molecule has 0 aromatic heterocycles. The summed E-state index contributed by atoms with van der Waals surface area (Å²) in [5.41, 5.74) is 11.4. The van der Waals surface area contributed by atoms with E-state index >= 15 is 0 Å². The van der Waals surface area contributed by atoms with E-state index in [2.05, 4.69) is 52.1 Å². The lowest BCUT2D eigenvalue weighted by Crippen LogP contribution is -2.39. The Kier molecular flexibility index (Phi) is 4.70. The molecule has 0 bridgehead atoms. The Labute approximate surface area is 170 Å². The number of methoxy groups -OCH3 is 1. The first-order chi connectivity index (χ1) is 14.2. The molecule has 5 rings (SSSR count). The first-order valence-electron chi connectivity index (χ1n) is 9.97. The van der Waals surface area contributed by atoms with Crippen molar-refractivity contribution in [3.63, 3.8) is 0 Å². The van der Waals surface area contributed by atoms with Crippen LogP contribution < -0.4 is 20.5 Å². The van der Waals surface area contributed by atoms with Crippen LogP contribution in [0.2, 0.25) is 0 Å². The minimum atomic E-state index is -0.151. The van der Waals surface area contributed by atoms with Gasteiger partial charge in [0.25, 0.3) is 0 Å². The number of hydrogen-bond acceptors (Lipinski definition) is 4. The second kappa shape index (κ2) is 7.50. The van der Waals surface area contributed by atoms with Crippen molar-refractivity contribution in [2.24, 2.45) is 5.92 Å². The highest BCUT2D eigenvalue weighted by atomic mass is 19.1. The van der Waals surface area contributed by atoms with E-state index in [4.69, 9.17) is 4.74 Å². The summed E-state index contributed by atoms with van der Waals surface area (Å²) >= 11 is 0. The molecule has 0 aliphatic carbocycles. The van der Waals surface area contributed by atoms with E-state index in [0.717, 1.165) is 17.9 Å². The van der Waals surface area contributed by atoms with Crippen molar-refractivity contribution >= 4 is 5.69 Å². The molecular formula is C24H24FN3O. The second-order valence-corrected chi connectivity index (χ2v) is 7.71. The fourth-order valence-electron chi connectivity index (χ4n) is 4.62. The summed E-state index contributed by atoms with van der Waals surface area (Å²) < 4.78 is 19.6. The predicted molar refractivity (Wildman–Crippen MR) is 112 cm³/mol. The number of para-hydroxylation sites is 1. The second-order valence-electron chi connectivity index (χ2n) is 7.71. The van der Waals surface area contributed by atoms with E-state index in [1.165, 1.54) is 22.9 Å². The summed E-state index contributed by atoms with van der Waals surface area (Å²) in [6.45, 7) is 1.40. The number of fused-ring (bicyclic) bond motifs is 3. The molecule has 2 heterocycles. The summed E-state index contributed by atoms with van der Waals surface area (Å²) in [6, 6.07) is 24.1. The molecule has 2 aliphatic heterocycles. The zero-order chi connectivity index (χ0) is 19.8. The molecule has 5 heteroatoms. The van der Waals surface area contributed by atoms with Crippen molar-refractivity contribution in [3.8, 4) is 5.75 Å². The van der Waals surface area contributed by atoms with Crippen LogP contribution in [0.15, 0.2) is 72.8 Å². The van der Waals surface area contributed by atoms with E-state index in [0.29, 0.717) is 12.5 Å². The predicted octanol–water partition coefficient (Wildman–Crippen LogP) is 4.36. The first kappa shape index (κ1) is 18.2. The maximum absolute atomic E-state index is 14.3. The van der Waals surface area contributed by atoms with Gasteiger partial charge >= 0.3 is 0 Å². The van der Waals surface area contributed by atoms with Gasteiger partial charge in [-0.3, -0.25) is 0 Å². The zero-order valence-electron chi connectivity index (χ0n) is 16.3. The SMILES string of the molecule is COc1ccc(C2NNC3c4ccccc4N(Cc4ccccc4F)CC23)cc1. The van der Waals surface area contributed by atoms with Gasteiger partial charge in [0, 0.05) is 30.3 Å². The average Bonchev–Trinajstić information content (AvgIpc) is 3.19. The van der Waals surface area contributed by atoms with E-state index in [-0.39, 0.29) is 17.9 Å². The van der Waals surface area contributed by atoms with Crippen LogP contribution in [0.25, 0.3) is 0 Å². The van der Waals surface area contributed by atoms with Crippen LogP contribution in [0, 0.1) is 11.7 Å². The Morgan fingerprint density at radius 2 is 1.66 bits per heavy atom. The molecule has 0 spiro atoms. The number of hydrogen-bond donors (Lipinski definition) is 2. The molecule has 1 saturated heterocycles. The van der Waals surface area contributed by atoms with Gasteiger partial charge in [0.15, 0.2) is 0 Å². The Morgan fingerprint density at radius 3 is 2.45 bits per heavy atom. The molecule has 148 valence electrons. The fraction of sp³-hybridized carbons (Fsp3) is 0.250. The number of halogens is 1. The standard InChI is InChI=1S/C24H24FN3O/c1-29-18-12-10-16(11-13-18)23-20-15-28(14-17-6-2-4-8-21(17)25)22-9-5-3-7-19(22)24(20)27-26-23/h2-13,20,23-24,26-27H,14-15H2,1H3. The third kappa shape index (κ3) is 3.26. The van der Waals surface area contributed by atoms with Crippen molar-refractivity contribution in [2.45, 2.75) is 18.6 Å². The smallest absolute Gasteiger partial charge is 0.128 e. The highest BCUT2D eigenvalue weighted by Crippen LogP contribution is 2.45. The number of anilines is 1. The third-order valence-corrected chi connectivity index (χ3v) is 6.09. The van der Waals surface area contributed by atoms with E-state index in [9.17, 15) is 4.39 Å². The van der Waals surface area contributed by atoms with Crippen molar-refractivity contribution in [1.29, 1.82) is 0 Å². The van der Waals surface area contributed by atoms with Crippen LogP contribution in [-0.2, 0) is 6.54 Å². The molecule has 3 unspecified atom stereocenters.